The zero-order valence-electron chi connectivity index (χ0n) is 13.1. The first kappa shape index (κ1) is 16.1. The molecule has 1 aliphatic rings. The molecule has 1 aliphatic heterocycles. The quantitative estimate of drug-likeness (QED) is 0.863. The normalized spacial score (nSPS) is 19.5. The third kappa shape index (κ3) is 4.35. The summed E-state index contributed by atoms with van der Waals surface area (Å²) in [7, 11) is 0. The lowest BCUT2D eigenvalue weighted by molar-refractivity contribution is 0.0195. The molecule has 5 heteroatoms. The number of halogens is 1. The number of rotatable bonds is 1. The standard InChI is InChI=1S/C16H23ClN2O2/c1-11-5-6-12(13(17)9-11)14-10-19(8-7-18-14)15(20)21-16(2,3)4/h5-6,9,14,18H,7-8,10H2,1-4H3. The van der Waals surface area contributed by atoms with Gasteiger partial charge < -0.3 is 15.0 Å². The van der Waals surface area contributed by atoms with Gasteiger partial charge in [0.1, 0.15) is 5.60 Å². The monoisotopic (exact) mass is 310 g/mol. The maximum Gasteiger partial charge on any atom is 0.410 e. The Morgan fingerprint density at radius 1 is 1.43 bits per heavy atom. The molecule has 0 spiro atoms. The van der Waals surface area contributed by atoms with Gasteiger partial charge in [-0.25, -0.2) is 4.79 Å². The number of hydrogen-bond acceptors (Lipinski definition) is 3. The molecule has 0 radical (unpaired) electrons. The third-order valence-corrected chi connectivity index (χ3v) is 3.69. The van der Waals surface area contributed by atoms with Crippen LogP contribution < -0.4 is 5.32 Å². The Balaban J connectivity index is 2.08. The predicted octanol–water partition coefficient (Wildman–Crippen LogP) is 3.53. The molecule has 21 heavy (non-hydrogen) atoms. The molecule has 0 aromatic heterocycles. The average molecular weight is 311 g/mol. The highest BCUT2D eigenvalue weighted by atomic mass is 35.5. The minimum absolute atomic E-state index is 0.0411. The fourth-order valence-electron chi connectivity index (χ4n) is 2.37. The van der Waals surface area contributed by atoms with Crippen molar-refractivity contribution in [2.75, 3.05) is 19.6 Å². The van der Waals surface area contributed by atoms with Crippen molar-refractivity contribution >= 4 is 17.7 Å². The fraction of sp³-hybridized carbons (Fsp3) is 0.562. The highest BCUT2D eigenvalue weighted by molar-refractivity contribution is 6.31. The van der Waals surface area contributed by atoms with Gasteiger partial charge in [0.2, 0.25) is 0 Å². The molecule has 1 atom stereocenters. The van der Waals surface area contributed by atoms with Crippen LogP contribution in [0, 0.1) is 6.92 Å². The molecular weight excluding hydrogens is 288 g/mol. The van der Waals surface area contributed by atoms with E-state index in [1.54, 1.807) is 4.90 Å². The maximum absolute atomic E-state index is 12.2. The van der Waals surface area contributed by atoms with E-state index in [2.05, 4.69) is 5.32 Å². The van der Waals surface area contributed by atoms with Crippen LogP contribution in [0.4, 0.5) is 4.79 Å². The molecular formula is C16H23ClN2O2. The van der Waals surface area contributed by atoms with Gasteiger partial charge in [0.15, 0.2) is 0 Å². The summed E-state index contributed by atoms with van der Waals surface area (Å²) in [5, 5.41) is 4.14. The Kier molecular flexibility index (Phi) is 4.79. The molecule has 116 valence electrons. The Labute approximate surface area is 131 Å². The van der Waals surface area contributed by atoms with Gasteiger partial charge in [-0.15, -0.1) is 0 Å². The summed E-state index contributed by atoms with van der Waals surface area (Å²) in [4.78, 5) is 13.9. The second-order valence-corrected chi connectivity index (χ2v) is 6.87. The Bertz CT molecular complexity index is 525. The van der Waals surface area contributed by atoms with Crippen molar-refractivity contribution in [3.05, 3.63) is 34.3 Å². The summed E-state index contributed by atoms with van der Waals surface area (Å²) in [5.41, 5.74) is 1.68. The van der Waals surface area contributed by atoms with Crippen molar-refractivity contribution in [1.29, 1.82) is 0 Å². The predicted molar refractivity (Wildman–Crippen MR) is 84.7 cm³/mol. The van der Waals surface area contributed by atoms with E-state index in [9.17, 15) is 4.79 Å². The highest BCUT2D eigenvalue weighted by Crippen LogP contribution is 2.26. The van der Waals surface area contributed by atoms with Gasteiger partial charge in [-0.05, 0) is 44.9 Å². The van der Waals surface area contributed by atoms with Gasteiger partial charge in [-0.1, -0.05) is 23.7 Å². The number of nitrogens with one attached hydrogen (secondary N) is 1. The summed E-state index contributed by atoms with van der Waals surface area (Å²) in [6.07, 6.45) is -0.266. The van der Waals surface area contributed by atoms with Crippen LogP contribution in [0.5, 0.6) is 0 Å². The van der Waals surface area contributed by atoms with Crippen molar-refractivity contribution in [2.45, 2.75) is 39.3 Å². The topological polar surface area (TPSA) is 41.6 Å². The van der Waals surface area contributed by atoms with Crippen LogP contribution in [-0.2, 0) is 4.74 Å². The summed E-state index contributed by atoms with van der Waals surface area (Å²) in [6, 6.07) is 6.05. The molecule has 1 amide bonds. The number of nitrogens with zero attached hydrogens (tertiary/aromatic N) is 1. The molecule has 1 unspecified atom stereocenters. The molecule has 0 saturated carbocycles. The second-order valence-electron chi connectivity index (χ2n) is 6.46. The summed E-state index contributed by atoms with van der Waals surface area (Å²) in [6.45, 7) is 9.59. The van der Waals surface area contributed by atoms with E-state index in [4.69, 9.17) is 16.3 Å². The van der Waals surface area contributed by atoms with Gasteiger partial charge in [-0.3, -0.25) is 0 Å². The number of hydrogen-bond donors (Lipinski definition) is 1. The van der Waals surface area contributed by atoms with Crippen LogP contribution in [0.25, 0.3) is 0 Å². The van der Waals surface area contributed by atoms with Crippen LogP contribution >= 0.6 is 11.6 Å². The molecule has 1 fully saturated rings. The van der Waals surface area contributed by atoms with E-state index in [0.29, 0.717) is 13.1 Å². The van der Waals surface area contributed by atoms with Crippen LogP contribution in [-0.4, -0.2) is 36.2 Å². The number of carbonyl (C=O) groups excluding carboxylic acids is 1. The zero-order valence-corrected chi connectivity index (χ0v) is 13.8. The van der Waals surface area contributed by atoms with E-state index in [1.165, 1.54) is 0 Å². The molecule has 4 nitrogen and oxygen atoms in total. The summed E-state index contributed by atoms with van der Waals surface area (Å²) >= 11 is 6.32. The molecule has 1 heterocycles. The number of carbonyl (C=O) groups is 1. The van der Waals surface area contributed by atoms with Gasteiger partial charge >= 0.3 is 6.09 Å². The van der Waals surface area contributed by atoms with E-state index in [0.717, 1.165) is 22.7 Å². The molecule has 0 aliphatic carbocycles. The number of benzene rings is 1. The highest BCUT2D eigenvalue weighted by Gasteiger charge is 2.28. The number of ether oxygens (including phenoxy) is 1. The molecule has 2 rings (SSSR count). The van der Waals surface area contributed by atoms with Crippen molar-refractivity contribution in [1.82, 2.24) is 10.2 Å². The van der Waals surface area contributed by atoms with E-state index in [-0.39, 0.29) is 12.1 Å². The summed E-state index contributed by atoms with van der Waals surface area (Å²) in [5.74, 6) is 0. The smallest absolute Gasteiger partial charge is 0.410 e. The lowest BCUT2D eigenvalue weighted by Gasteiger charge is -2.35. The average Bonchev–Trinajstić information content (AvgIpc) is 2.37. The third-order valence-electron chi connectivity index (χ3n) is 3.36. The Hall–Kier alpha value is -1.26. The molecule has 1 N–H and O–H groups in total. The SMILES string of the molecule is Cc1ccc(C2CN(C(=O)OC(C)(C)C)CCN2)c(Cl)c1. The molecule has 1 saturated heterocycles. The Morgan fingerprint density at radius 2 is 2.14 bits per heavy atom. The minimum Gasteiger partial charge on any atom is -0.444 e. The first-order valence-corrected chi connectivity index (χ1v) is 7.61. The van der Waals surface area contributed by atoms with Gasteiger partial charge in [0.05, 0.1) is 6.04 Å². The minimum atomic E-state index is -0.473. The van der Waals surface area contributed by atoms with Crippen molar-refractivity contribution < 1.29 is 9.53 Å². The van der Waals surface area contributed by atoms with E-state index >= 15 is 0 Å². The van der Waals surface area contributed by atoms with Crippen LogP contribution in [0.15, 0.2) is 18.2 Å². The zero-order chi connectivity index (χ0) is 15.6. The molecule has 1 aromatic rings. The van der Waals surface area contributed by atoms with Gasteiger partial charge in [0.25, 0.3) is 0 Å². The number of amides is 1. The second kappa shape index (κ2) is 6.24. The van der Waals surface area contributed by atoms with Gasteiger partial charge in [-0.2, -0.15) is 0 Å². The Morgan fingerprint density at radius 3 is 2.76 bits per heavy atom. The first-order chi connectivity index (χ1) is 9.76. The van der Waals surface area contributed by atoms with E-state index in [1.807, 2.05) is 45.9 Å². The fourth-order valence-corrected chi connectivity index (χ4v) is 2.73. The molecule has 0 bridgehead atoms. The lowest BCUT2D eigenvalue weighted by Crippen LogP contribution is -2.49. The van der Waals surface area contributed by atoms with Crippen LogP contribution in [0.2, 0.25) is 5.02 Å². The summed E-state index contributed by atoms with van der Waals surface area (Å²) < 4.78 is 5.44. The maximum atomic E-state index is 12.2. The van der Waals surface area contributed by atoms with Crippen molar-refractivity contribution in [3.63, 3.8) is 0 Å². The molecule has 1 aromatic carbocycles. The largest absolute Gasteiger partial charge is 0.444 e. The van der Waals surface area contributed by atoms with Gasteiger partial charge in [0, 0.05) is 24.7 Å². The number of piperazine rings is 1. The van der Waals surface area contributed by atoms with Crippen LogP contribution in [0.1, 0.15) is 37.9 Å². The van der Waals surface area contributed by atoms with E-state index < -0.39 is 5.60 Å². The van der Waals surface area contributed by atoms with Crippen LogP contribution in [0.3, 0.4) is 0 Å². The van der Waals surface area contributed by atoms with Crippen molar-refractivity contribution in [2.24, 2.45) is 0 Å². The number of aryl methyl sites for hydroxylation is 1. The first-order valence-electron chi connectivity index (χ1n) is 7.23. The lowest BCUT2D eigenvalue weighted by atomic mass is 10.0. The van der Waals surface area contributed by atoms with Crippen molar-refractivity contribution in [3.8, 4) is 0 Å².